The lowest BCUT2D eigenvalue weighted by Gasteiger charge is -2.12. The van der Waals surface area contributed by atoms with Crippen LogP contribution in [0.2, 0.25) is 0 Å². The van der Waals surface area contributed by atoms with Crippen LogP contribution in [0, 0.1) is 20.7 Å². The van der Waals surface area contributed by atoms with Crippen molar-refractivity contribution in [1.29, 1.82) is 5.26 Å². The van der Waals surface area contributed by atoms with Crippen LogP contribution in [0.5, 0.6) is 11.5 Å². The Morgan fingerprint density at radius 1 is 1.10 bits per heavy atom. The van der Waals surface area contributed by atoms with Crippen LogP contribution >= 0.6 is 22.6 Å². The highest BCUT2D eigenvalue weighted by Gasteiger charge is 2.11. The van der Waals surface area contributed by atoms with Crippen LogP contribution in [-0.2, 0) is 11.4 Å². The zero-order valence-corrected chi connectivity index (χ0v) is 18.7. The first-order valence-electron chi connectivity index (χ1n) is 9.22. The molecule has 7 heteroatoms. The molecule has 0 unspecified atom stereocenters. The number of nitrogens with zero attached hydrogens (tertiary/aromatic N) is 1. The lowest BCUT2D eigenvalue weighted by Crippen LogP contribution is -2.13. The van der Waals surface area contributed by atoms with Crippen molar-refractivity contribution in [1.82, 2.24) is 0 Å². The number of rotatable bonds is 7. The van der Waals surface area contributed by atoms with E-state index in [0.717, 1.165) is 9.13 Å². The maximum Gasteiger partial charge on any atom is 0.266 e. The fraction of sp³-hybridized carbons (Fsp3) is 0.0833. The molecule has 0 heterocycles. The highest BCUT2D eigenvalue weighted by Crippen LogP contribution is 2.30. The van der Waals surface area contributed by atoms with Crippen LogP contribution in [-0.4, -0.2) is 13.0 Å². The lowest BCUT2D eigenvalue weighted by molar-refractivity contribution is -0.112. The molecule has 0 aliphatic heterocycles. The van der Waals surface area contributed by atoms with Crippen molar-refractivity contribution >= 4 is 40.3 Å². The van der Waals surface area contributed by atoms with Crippen LogP contribution in [0.1, 0.15) is 11.1 Å². The maximum absolute atomic E-state index is 13.0. The number of ether oxygens (including phenoxy) is 2. The number of benzene rings is 3. The molecule has 156 valence electrons. The van der Waals surface area contributed by atoms with Crippen molar-refractivity contribution in [2.24, 2.45) is 0 Å². The molecule has 0 saturated heterocycles. The highest BCUT2D eigenvalue weighted by atomic mass is 127. The average Bonchev–Trinajstić information content (AvgIpc) is 2.78. The summed E-state index contributed by atoms with van der Waals surface area (Å²) in [6, 6.07) is 20.3. The molecule has 31 heavy (non-hydrogen) atoms. The number of carbonyl (C=O) groups is 1. The molecule has 0 aliphatic rings. The van der Waals surface area contributed by atoms with E-state index in [1.54, 1.807) is 42.5 Å². The van der Waals surface area contributed by atoms with Gasteiger partial charge in [0, 0.05) is 9.26 Å². The molecule has 0 aliphatic carbocycles. The predicted octanol–water partition coefficient (Wildman–Crippen LogP) is 5.56. The summed E-state index contributed by atoms with van der Waals surface area (Å²) < 4.78 is 25.2. The molecule has 3 aromatic carbocycles. The summed E-state index contributed by atoms with van der Waals surface area (Å²) in [6.45, 7) is 0.244. The quantitative estimate of drug-likeness (QED) is 0.248. The summed E-state index contributed by atoms with van der Waals surface area (Å²) in [5.41, 5.74) is 1.99. The second-order valence-corrected chi connectivity index (χ2v) is 7.70. The molecule has 3 rings (SSSR count). The van der Waals surface area contributed by atoms with Gasteiger partial charge in [0.2, 0.25) is 0 Å². The summed E-state index contributed by atoms with van der Waals surface area (Å²) in [4.78, 5) is 12.5. The topological polar surface area (TPSA) is 71.3 Å². The number of hydrogen-bond acceptors (Lipinski definition) is 4. The van der Waals surface area contributed by atoms with Gasteiger partial charge in [-0.3, -0.25) is 4.79 Å². The van der Waals surface area contributed by atoms with E-state index >= 15 is 0 Å². The molecule has 0 atom stereocenters. The van der Waals surface area contributed by atoms with Gasteiger partial charge in [-0.25, -0.2) is 4.39 Å². The monoisotopic (exact) mass is 528 g/mol. The third kappa shape index (κ3) is 6.30. The highest BCUT2D eigenvalue weighted by molar-refractivity contribution is 14.1. The number of nitrogens with one attached hydrogen (secondary N) is 1. The van der Waals surface area contributed by atoms with Crippen molar-refractivity contribution in [2.45, 2.75) is 6.61 Å². The van der Waals surface area contributed by atoms with Crippen LogP contribution in [0.3, 0.4) is 0 Å². The van der Waals surface area contributed by atoms with Gasteiger partial charge in [0.15, 0.2) is 11.5 Å². The van der Waals surface area contributed by atoms with E-state index in [2.05, 4.69) is 27.9 Å². The van der Waals surface area contributed by atoms with E-state index in [9.17, 15) is 14.4 Å². The molecule has 0 radical (unpaired) electrons. The van der Waals surface area contributed by atoms with Gasteiger partial charge in [0.25, 0.3) is 5.91 Å². The number of halogens is 2. The number of methoxy groups -OCH3 is 1. The van der Waals surface area contributed by atoms with Crippen LogP contribution in [0.15, 0.2) is 72.3 Å². The van der Waals surface area contributed by atoms with E-state index in [-0.39, 0.29) is 18.0 Å². The van der Waals surface area contributed by atoms with E-state index in [0.29, 0.717) is 22.7 Å². The fourth-order valence-corrected chi connectivity index (χ4v) is 3.04. The molecular weight excluding hydrogens is 510 g/mol. The van der Waals surface area contributed by atoms with Gasteiger partial charge in [-0.15, -0.1) is 0 Å². The van der Waals surface area contributed by atoms with Gasteiger partial charge in [0.1, 0.15) is 24.1 Å². The van der Waals surface area contributed by atoms with E-state index in [4.69, 9.17) is 9.47 Å². The molecular formula is C24H18FIN2O3. The first-order valence-corrected chi connectivity index (χ1v) is 10.3. The molecule has 0 saturated carbocycles. The SMILES string of the molecule is COc1cc(/C=C(\C#N)C(=O)Nc2ccc(I)cc2)ccc1OCc1ccc(F)cc1. The number of amides is 1. The van der Waals surface area contributed by atoms with Crippen molar-refractivity contribution in [3.63, 3.8) is 0 Å². The standard InChI is InChI=1S/C24H18FIN2O3/c1-30-23-13-17(4-11-22(23)31-15-16-2-5-19(25)6-3-16)12-18(14-27)24(29)28-21-9-7-20(26)8-10-21/h2-13H,15H2,1H3,(H,28,29)/b18-12+. The van der Waals surface area contributed by atoms with Crippen molar-refractivity contribution < 1.29 is 18.7 Å². The zero-order chi connectivity index (χ0) is 22.2. The molecule has 5 nitrogen and oxygen atoms in total. The van der Waals surface area contributed by atoms with Gasteiger partial charge >= 0.3 is 0 Å². The maximum atomic E-state index is 13.0. The Labute approximate surface area is 193 Å². The molecule has 1 N–H and O–H groups in total. The van der Waals surface area contributed by atoms with Crippen LogP contribution in [0.25, 0.3) is 6.08 Å². The van der Waals surface area contributed by atoms with E-state index in [1.165, 1.54) is 25.3 Å². The molecule has 1 amide bonds. The number of anilines is 1. The number of hydrogen-bond donors (Lipinski definition) is 1. The Hall–Kier alpha value is -3.38. The largest absolute Gasteiger partial charge is 0.493 e. The first-order chi connectivity index (χ1) is 15.0. The van der Waals surface area contributed by atoms with Gasteiger partial charge in [-0.2, -0.15) is 5.26 Å². The third-order valence-corrected chi connectivity index (χ3v) is 4.99. The Balaban J connectivity index is 1.74. The number of carbonyl (C=O) groups excluding carboxylic acids is 1. The van der Waals surface area contributed by atoms with Gasteiger partial charge in [-0.05, 0) is 88.3 Å². The second kappa shape index (κ2) is 10.6. The fourth-order valence-electron chi connectivity index (χ4n) is 2.68. The molecule has 3 aromatic rings. The minimum Gasteiger partial charge on any atom is -0.493 e. The number of nitriles is 1. The van der Waals surface area contributed by atoms with Gasteiger partial charge in [0.05, 0.1) is 7.11 Å². The predicted molar refractivity (Wildman–Crippen MR) is 125 cm³/mol. The summed E-state index contributed by atoms with van der Waals surface area (Å²) in [5, 5.41) is 12.1. The molecule has 0 fully saturated rings. The minimum atomic E-state index is -0.501. The van der Waals surface area contributed by atoms with Gasteiger partial charge < -0.3 is 14.8 Å². The lowest BCUT2D eigenvalue weighted by atomic mass is 10.1. The van der Waals surface area contributed by atoms with E-state index < -0.39 is 5.91 Å². The minimum absolute atomic E-state index is 0.0411. The zero-order valence-electron chi connectivity index (χ0n) is 16.6. The normalized spacial score (nSPS) is 10.8. The Morgan fingerprint density at radius 2 is 1.81 bits per heavy atom. The van der Waals surface area contributed by atoms with Crippen molar-refractivity contribution in [3.8, 4) is 17.6 Å². The summed E-state index contributed by atoms with van der Waals surface area (Å²) in [5.74, 6) is 0.133. The van der Waals surface area contributed by atoms with E-state index in [1.807, 2.05) is 18.2 Å². The average molecular weight is 528 g/mol. The van der Waals surface area contributed by atoms with Crippen LogP contribution in [0.4, 0.5) is 10.1 Å². The van der Waals surface area contributed by atoms with Gasteiger partial charge in [-0.1, -0.05) is 18.2 Å². The van der Waals surface area contributed by atoms with Crippen LogP contribution < -0.4 is 14.8 Å². The smallest absolute Gasteiger partial charge is 0.266 e. The summed E-state index contributed by atoms with van der Waals surface area (Å²) in [6.07, 6.45) is 1.48. The third-order valence-electron chi connectivity index (χ3n) is 4.27. The molecule has 0 aromatic heterocycles. The Bertz CT molecular complexity index is 1140. The second-order valence-electron chi connectivity index (χ2n) is 6.46. The molecule has 0 spiro atoms. The Morgan fingerprint density at radius 3 is 2.45 bits per heavy atom. The Kier molecular flexibility index (Phi) is 7.62. The summed E-state index contributed by atoms with van der Waals surface area (Å²) in [7, 11) is 1.50. The van der Waals surface area contributed by atoms with Crippen molar-refractivity contribution in [2.75, 3.05) is 12.4 Å². The molecule has 0 bridgehead atoms. The summed E-state index contributed by atoms with van der Waals surface area (Å²) >= 11 is 2.17. The first kappa shape index (κ1) is 22.3. The van der Waals surface area contributed by atoms with Crippen molar-refractivity contribution in [3.05, 3.63) is 92.8 Å².